The van der Waals surface area contributed by atoms with Crippen molar-refractivity contribution in [1.29, 1.82) is 0 Å². The van der Waals surface area contributed by atoms with E-state index in [1.807, 2.05) is 13.0 Å². The molecule has 0 spiro atoms. The van der Waals surface area contributed by atoms with Gasteiger partial charge in [0, 0.05) is 31.0 Å². The lowest BCUT2D eigenvalue weighted by Crippen LogP contribution is -2.34. The smallest absolute Gasteiger partial charge is 0.105 e. The van der Waals surface area contributed by atoms with Crippen LogP contribution in [0.5, 0.6) is 0 Å². The molecule has 1 aliphatic rings. The van der Waals surface area contributed by atoms with Crippen LogP contribution in [-0.2, 0) is 4.74 Å². The Hall–Kier alpha value is -0.870. The Morgan fingerprint density at radius 2 is 2.00 bits per heavy atom. The van der Waals surface area contributed by atoms with E-state index in [9.17, 15) is 0 Å². The molecule has 0 atom stereocenters. The van der Waals surface area contributed by atoms with Gasteiger partial charge in [-0.1, -0.05) is 32.0 Å². The van der Waals surface area contributed by atoms with E-state index in [4.69, 9.17) is 4.74 Å². The lowest BCUT2D eigenvalue weighted by molar-refractivity contribution is 0.207. The van der Waals surface area contributed by atoms with Gasteiger partial charge in [-0.25, -0.2) is 0 Å². The number of rotatable bonds is 8. The lowest BCUT2D eigenvalue weighted by Gasteiger charge is -2.33. The summed E-state index contributed by atoms with van der Waals surface area (Å²) in [6.07, 6.45) is 7.54. The van der Waals surface area contributed by atoms with Crippen LogP contribution in [0.2, 0.25) is 0 Å². The average molecular weight is 311 g/mol. The van der Waals surface area contributed by atoms with Crippen LogP contribution in [0, 0.1) is 5.92 Å². The van der Waals surface area contributed by atoms with Crippen molar-refractivity contribution in [3.8, 4) is 0 Å². The van der Waals surface area contributed by atoms with Gasteiger partial charge < -0.3 is 13.9 Å². The highest BCUT2D eigenvalue weighted by atomic mass is 32.2. The number of piperidine rings is 1. The van der Waals surface area contributed by atoms with Gasteiger partial charge in [-0.2, -0.15) is 0 Å². The van der Waals surface area contributed by atoms with Gasteiger partial charge in [0.05, 0.1) is 5.76 Å². The van der Waals surface area contributed by atoms with Crippen molar-refractivity contribution < 1.29 is 4.74 Å². The molecule has 0 aromatic carbocycles. The first-order valence-electron chi connectivity index (χ1n) is 7.69. The Morgan fingerprint density at radius 3 is 2.48 bits per heavy atom. The van der Waals surface area contributed by atoms with Crippen molar-refractivity contribution in [2.24, 2.45) is 5.92 Å². The molecule has 0 amide bonds. The van der Waals surface area contributed by atoms with Crippen molar-refractivity contribution in [3.63, 3.8) is 0 Å². The van der Waals surface area contributed by atoms with E-state index >= 15 is 0 Å². The van der Waals surface area contributed by atoms with Crippen LogP contribution in [-0.4, -0.2) is 42.1 Å². The lowest BCUT2D eigenvalue weighted by atomic mass is 9.97. The van der Waals surface area contributed by atoms with Crippen LogP contribution < -0.4 is 0 Å². The van der Waals surface area contributed by atoms with E-state index in [1.54, 1.807) is 11.9 Å². The molecule has 1 fully saturated rings. The maximum absolute atomic E-state index is 5.63. The predicted molar refractivity (Wildman–Crippen MR) is 93.9 cm³/mol. The summed E-state index contributed by atoms with van der Waals surface area (Å²) in [6, 6.07) is 0. The number of nitrogens with zero attached hydrogens (tertiary/aromatic N) is 2. The van der Waals surface area contributed by atoms with Gasteiger partial charge in [0.25, 0.3) is 0 Å². The fourth-order valence-electron chi connectivity index (χ4n) is 2.47. The van der Waals surface area contributed by atoms with Crippen molar-refractivity contribution in [1.82, 2.24) is 9.21 Å². The standard InChI is InChI=1S/C17H30N2OS/c1-7-17(20-14(2)3)12-15(4)19(21-6)13-16-8-10-18(5)11-9-16/h12,16H,2,4,7-11,13H2,1,3,5-6H3/b17-12+. The third-order valence-electron chi connectivity index (χ3n) is 3.78. The normalized spacial score (nSPS) is 17.6. The Morgan fingerprint density at radius 1 is 1.38 bits per heavy atom. The van der Waals surface area contributed by atoms with Gasteiger partial charge in [0.15, 0.2) is 0 Å². The van der Waals surface area contributed by atoms with Gasteiger partial charge in [-0.15, -0.1) is 0 Å². The fourth-order valence-corrected chi connectivity index (χ4v) is 3.12. The van der Waals surface area contributed by atoms with E-state index in [1.165, 1.54) is 25.9 Å². The highest BCUT2D eigenvalue weighted by molar-refractivity contribution is 7.96. The molecule has 0 saturated carbocycles. The number of likely N-dealkylation sites (tertiary alicyclic amines) is 1. The molecular weight excluding hydrogens is 280 g/mol. The van der Waals surface area contributed by atoms with Crippen molar-refractivity contribution >= 4 is 11.9 Å². The molecule has 21 heavy (non-hydrogen) atoms. The Bertz CT molecular complexity index is 384. The van der Waals surface area contributed by atoms with Crippen LogP contribution in [0.25, 0.3) is 0 Å². The summed E-state index contributed by atoms with van der Waals surface area (Å²) >= 11 is 1.74. The molecule has 1 saturated heterocycles. The van der Waals surface area contributed by atoms with Crippen LogP contribution in [0.1, 0.15) is 33.1 Å². The largest absolute Gasteiger partial charge is 0.467 e. The minimum Gasteiger partial charge on any atom is -0.467 e. The first-order chi connectivity index (χ1) is 9.96. The Balaban J connectivity index is 2.59. The molecule has 4 heteroatoms. The van der Waals surface area contributed by atoms with E-state index in [0.29, 0.717) is 0 Å². The van der Waals surface area contributed by atoms with Crippen LogP contribution in [0.15, 0.2) is 36.4 Å². The molecule has 120 valence electrons. The summed E-state index contributed by atoms with van der Waals surface area (Å²) in [4.78, 5) is 2.41. The molecule has 3 nitrogen and oxygen atoms in total. The Labute approximate surface area is 134 Å². The zero-order chi connectivity index (χ0) is 15.8. The van der Waals surface area contributed by atoms with Gasteiger partial charge in [0.1, 0.15) is 5.76 Å². The molecule has 0 unspecified atom stereocenters. The Kier molecular flexibility index (Phi) is 7.97. The molecule has 1 aliphatic heterocycles. The summed E-state index contributed by atoms with van der Waals surface area (Å²) < 4.78 is 7.92. The quantitative estimate of drug-likeness (QED) is 0.378. The zero-order valence-electron chi connectivity index (χ0n) is 14.0. The van der Waals surface area contributed by atoms with Gasteiger partial charge in [-0.3, -0.25) is 0 Å². The molecule has 0 bridgehead atoms. The summed E-state index contributed by atoms with van der Waals surface area (Å²) in [5.41, 5.74) is 1.01. The molecule has 0 aromatic rings. The van der Waals surface area contributed by atoms with Crippen LogP contribution in [0.4, 0.5) is 0 Å². The molecule has 0 aliphatic carbocycles. The summed E-state index contributed by atoms with van der Waals surface area (Å²) in [5, 5.41) is 0. The second-order valence-electron chi connectivity index (χ2n) is 5.75. The van der Waals surface area contributed by atoms with Crippen molar-refractivity contribution in [2.75, 3.05) is 32.9 Å². The zero-order valence-corrected chi connectivity index (χ0v) is 14.8. The predicted octanol–water partition coefficient (Wildman–Crippen LogP) is 4.27. The molecule has 1 rings (SSSR count). The molecule has 0 N–H and O–H groups in total. The molecule has 0 aromatic heterocycles. The molecular formula is C17H30N2OS. The SMILES string of the molecule is C=C(C)O/C(=C/C(=C)N(CC1CCN(C)CC1)SC)CC. The van der Waals surface area contributed by atoms with Gasteiger partial charge in [-0.05, 0) is 45.8 Å². The van der Waals surface area contributed by atoms with Gasteiger partial charge >= 0.3 is 0 Å². The molecule has 0 radical (unpaired) electrons. The maximum Gasteiger partial charge on any atom is 0.105 e. The third-order valence-corrected chi connectivity index (χ3v) is 4.61. The van der Waals surface area contributed by atoms with Crippen LogP contribution in [0.3, 0.4) is 0 Å². The second kappa shape index (κ2) is 9.21. The number of hydrogen-bond donors (Lipinski definition) is 0. The van der Waals surface area contributed by atoms with Gasteiger partial charge in [0.2, 0.25) is 0 Å². The highest BCUT2D eigenvalue weighted by Gasteiger charge is 2.19. The summed E-state index contributed by atoms with van der Waals surface area (Å²) in [6.45, 7) is 15.4. The van der Waals surface area contributed by atoms with E-state index < -0.39 is 0 Å². The average Bonchev–Trinajstić information content (AvgIpc) is 2.45. The maximum atomic E-state index is 5.63. The number of ether oxygens (including phenoxy) is 1. The minimum absolute atomic E-state index is 0.724. The highest BCUT2D eigenvalue weighted by Crippen LogP contribution is 2.24. The first-order valence-corrected chi connectivity index (χ1v) is 8.87. The summed E-state index contributed by atoms with van der Waals surface area (Å²) in [5.74, 6) is 2.41. The van der Waals surface area contributed by atoms with E-state index in [-0.39, 0.29) is 0 Å². The fraction of sp³-hybridized carbons (Fsp3) is 0.647. The van der Waals surface area contributed by atoms with Crippen molar-refractivity contribution in [3.05, 3.63) is 36.4 Å². The molecule has 1 heterocycles. The third kappa shape index (κ3) is 6.62. The number of allylic oxidation sites excluding steroid dienone is 3. The number of hydrogen-bond acceptors (Lipinski definition) is 4. The minimum atomic E-state index is 0.724. The van der Waals surface area contributed by atoms with E-state index in [2.05, 4.69) is 42.6 Å². The second-order valence-corrected chi connectivity index (χ2v) is 6.56. The summed E-state index contributed by atoms with van der Waals surface area (Å²) in [7, 11) is 2.20. The van der Waals surface area contributed by atoms with E-state index in [0.717, 1.165) is 36.1 Å². The topological polar surface area (TPSA) is 15.7 Å². The first kappa shape index (κ1) is 18.2. The van der Waals surface area contributed by atoms with Crippen molar-refractivity contribution in [2.45, 2.75) is 33.1 Å². The monoisotopic (exact) mass is 310 g/mol. The van der Waals surface area contributed by atoms with Crippen LogP contribution >= 0.6 is 11.9 Å².